The zero-order chi connectivity index (χ0) is 16.0. The molecule has 0 bridgehead atoms. The molecule has 0 aromatic carbocycles. The number of aryl methyl sites for hydroxylation is 3. The van der Waals surface area contributed by atoms with Crippen LogP contribution in [0.2, 0.25) is 0 Å². The molecule has 0 saturated carbocycles. The Morgan fingerprint density at radius 1 is 1.32 bits per heavy atom. The summed E-state index contributed by atoms with van der Waals surface area (Å²) in [7, 11) is 0. The maximum absolute atomic E-state index is 12.8. The smallest absolute Gasteiger partial charge is 0.308 e. The highest BCUT2D eigenvalue weighted by atomic mass is 16.4. The van der Waals surface area contributed by atoms with Gasteiger partial charge in [-0.05, 0) is 33.3 Å². The second-order valence-electron chi connectivity index (χ2n) is 5.81. The predicted octanol–water partition coefficient (Wildman–Crippen LogP) is 1.20. The molecule has 1 N–H and O–H groups in total. The maximum atomic E-state index is 12.8. The van der Waals surface area contributed by atoms with Crippen LogP contribution in [0, 0.1) is 26.7 Å². The molecule has 0 radical (unpaired) electrons. The molecular formula is C15H18N4O3. The lowest BCUT2D eigenvalue weighted by atomic mass is 10.1. The Kier molecular flexibility index (Phi) is 3.35. The predicted molar refractivity (Wildman–Crippen MR) is 78.8 cm³/mol. The quantitative estimate of drug-likeness (QED) is 0.900. The molecule has 0 spiro atoms. The van der Waals surface area contributed by atoms with Crippen molar-refractivity contribution in [1.29, 1.82) is 0 Å². The average Bonchev–Trinajstić information content (AvgIpc) is 3.03. The van der Waals surface area contributed by atoms with E-state index in [1.54, 1.807) is 16.3 Å². The van der Waals surface area contributed by atoms with E-state index in [1.807, 2.05) is 19.9 Å². The minimum Gasteiger partial charge on any atom is -0.481 e. The fraction of sp³-hybridized carbons (Fsp3) is 0.467. The summed E-state index contributed by atoms with van der Waals surface area (Å²) < 4.78 is 1.67. The van der Waals surface area contributed by atoms with Crippen LogP contribution in [0.4, 0.5) is 0 Å². The Balaban J connectivity index is 2.01. The molecular weight excluding hydrogens is 284 g/mol. The van der Waals surface area contributed by atoms with Crippen molar-refractivity contribution in [3.05, 3.63) is 28.7 Å². The molecule has 1 saturated heterocycles. The van der Waals surface area contributed by atoms with E-state index in [4.69, 9.17) is 5.11 Å². The Bertz CT molecular complexity index is 781. The number of aliphatic carboxylic acids is 1. The average molecular weight is 302 g/mol. The first-order chi connectivity index (χ1) is 10.4. The first kappa shape index (κ1) is 14.5. The van der Waals surface area contributed by atoms with Gasteiger partial charge in [-0.1, -0.05) is 0 Å². The van der Waals surface area contributed by atoms with Gasteiger partial charge in [0.15, 0.2) is 5.65 Å². The van der Waals surface area contributed by atoms with E-state index in [-0.39, 0.29) is 12.5 Å². The lowest BCUT2D eigenvalue weighted by molar-refractivity contribution is -0.141. The number of likely N-dealkylation sites (tertiary alicyclic amines) is 1. The van der Waals surface area contributed by atoms with Crippen molar-refractivity contribution < 1.29 is 14.7 Å². The van der Waals surface area contributed by atoms with E-state index in [0.29, 0.717) is 29.9 Å². The molecule has 1 amide bonds. The van der Waals surface area contributed by atoms with Crippen LogP contribution >= 0.6 is 0 Å². The fourth-order valence-corrected chi connectivity index (χ4v) is 2.98. The van der Waals surface area contributed by atoms with E-state index in [9.17, 15) is 9.59 Å². The highest BCUT2D eigenvalue weighted by Gasteiger charge is 2.33. The Labute approximate surface area is 127 Å². The number of amides is 1. The number of aromatic nitrogens is 3. The molecule has 1 aliphatic heterocycles. The van der Waals surface area contributed by atoms with Gasteiger partial charge in [0.05, 0.1) is 11.6 Å². The van der Waals surface area contributed by atoms with Crippen molar-refractivity contribution in [2.24, 2.45) is 5.92 Å². The number of carboxylic acids is 1. The molecule has 22 heavy (non-hydrogen) atoms. The lowest BCUT2D eigenvalue weighted by Crippen LogP contribution is -2.30. The van der Waals surface area contributed by atoms with Gasteiger partial charge in [0.1, 0.15) is 5.56 Å². The minimum absolute atomic E-state index is 0.186. The standard InChI is InChI=1S/C15H18N4O3/c1-8-6-9(2)19-13(16-8)12(10(3)17-19)14(20)18-5-4-11(7-18)15(21)22/h6,11H,4-5,7H2,1-3H3,(H,21,22). The van der Waals surface area contributed by atoms with Crippen molar-refractivity contribution in [2.45, 2.75) is 27.2 Å². The van der Waals surface area contributed by atoms with Crippen LogP contribution in [0.3, 0.4) is 0 Å². The summed E-state index contributed by atoms with van der Waals surface area (Å²) in [6.45, 7) is 6.27. The second-order valence-corrected chi connectivity index (χ2v) is 5.81. The molecule has 7 nitrogen and oxygen atoms in total. The van der Waals surface area contributed by atoms with Crippen molar-refractivity contribution in [3.63, 3.8) is 0 Å². The van der Waals surface area contributed by atoms with Gasteiger partial charge in [0.2, 0.25) is 0 Å². The first-order valence-corrected chi connectivity index (χ1v) is 7.24. The third kappa shape index (κ3) is 2.22. The summed E-state index contributed by atoms with van der Waals surface area (Å²) >= 11 is 0. The summed E-state index contributed by atoms with van der Waals surface area (Å²) in [6, 6.07) is 1.91. The summed E-state index contributed by atoms with van der Waals surface area (Å²) in [4.78, 5) is 29.9. The number of fused-ring (bicyclic) bond motifs is 1. The van der Waals surface area contributed by atoms with E-state index in [2.05, 4.69) is 10.1 Å². The minimum atomic E-state index is -0.850. The zero-order valence-electron chi connectivity index (χ0n) is 12.8. The molecule has 0 aliphatic carbocycles. The molecule has 1 fully saturated rings. The summed E-state index contributed by atoms with van der Waals surface area (Å²) in [5, 5.41) is 13.5. The number of carbonyl (C=O) groups excluding carboxylic acids is 1. The normalized spacial score (nSPS) is 18.1. The Morgan fingerprint density at radius 2 is 2.05 bits per heavy atom. The fourth-order valence-electron chi connectivity index (χ4n) is 2.98. The van der Waals surface area contributed by atoms with E-state index in [0.717, 1.165) is 11.4 Å². The highest BCUT2D eigenvalue weighted by Crippen LogP contribution is 2.23. The van der Waals surface area contributed by atoms with E-state index < -0.39 is 11.9 Å². The molecule has 116 valence electrons. The number of hydrogen-bond acceptors (Lipinski definition) is 4. The van der Waals surface area contributed by atoms with Crippen molar-refractivity contribution in [2.75, 3.05) is 13.1 Å². The maximum Gasteiger partial charge on any atom is 0.308 e. The summed E-state index contributed by atoms with van der Waals surface area (Å²) in [6.07, 6.45) is 0.491. The van der Waals surface area contributed by atoms with Gasteiger partial charge in [-0.3, -0.25) is 9.59 Å². The van der Waals surface area contributed by atoms with Crippen LogP contribution < -0.4 is 0 Å². The summed E-state index contributed by atoms with van der Waals surface area (Å²) in [5.41, 5.74) is 3.36. The number of hydrogen-bond donors (Lipinski definition) is 1. The number of carbonyl (C=O) groups is 2. The van der Waals surface area contributed by atoms with Gasteiger partial charge in [0.25, 0.3) is 5.91 Å². The van der Waals surface area contributed by atoms with Crippen LogP contribution in [0.5, 0.6) is 0 Å². The molecule has 1 aliphatic rings. The Hall–Kier alpha value is -2.44. The van der Waals surface area contributed by atoms with Gasteiger partial charge in [-0.15, -0.1) is 0 Å². The lowest BCUT2D eigenvalue weighted by Gasteiger charge is -2.15. The topological polar surface area (TPSA) is 87.8 Å². The van der Waals surface area contributed by atoms with Crippen LogP contribution in [-0.4, -0.2) is 49.6 Å². The highest BCUT2D eigenvalue weighted by molar-refractivity contribution is 6.01. The van der Waals surface area contributed by atoms with Crippen LogP contribution in [0.25, 0.3) is 5.65 Å². The third-order valence-electron chi connectivity index (χ3n) is 4.11. The monoisotopic (exact) mass is 302 g/mol. The largest absolute Gasteiger partial charge is 0.481 e. The van der Waals surface area contributed by atoms with Gasteiger partial charge < -0.3 is 10.0 Å². The second kappa shape index (κ2) is 5.08. The van der Waals surface area contributed by atoms with Gasteiger partial charge in [0, 0.05) is 24.5 Å². The van der Waals surface area contributed by atoms with Crippen LogP contribution in [-0.2, 0) is 4.79 Å². The van der Waals surface area contributed by atoms with E-state index >= 15 is 0 Å². The molecule has 1 atom stereocenters. The zero-order valence-corrected chi connectivity index (χ0v) is 12.8. The Morgan fingerprint density at radius 3 is 2.68 bits per heavy atom. The number of nitrogens with zero attached hydrogens (tertiary/aromatic N) is 4. The molecule has 3 rings (SSSR count). The SMILES string of the molecule is Cc1cc(C)n2nc(C)c(C(=O)N3CCC(C(=O)O)C3)c2n1. The number of rotatable bonds is 2. The van der Waals surface area contributed by atoms with Crippen molar-refractivity contribution >= 4 is 17.5 Å². The van der Waals surface area contributed by atoms with Gasteiger partial charge >= 0.3 is 5.97 Å². The van der Waals surface area contributed by atoms with Gasteiger partial charge in [-0.2, -0.15) is 5.10 Å². The molecule has 2 aromatic rings. The van der Waals surface area contributed by atoms with Crippen LogP contribution in [0.15, 0.2) is 6.07 Å². The molecule has 7 heteroatoms. The van der Waals surface area contributed by atoms with Crippen molar-refractivity contribution in [1.82, 2.24) is 19.5 Å². The third-order valence-corrected chi connectivity index (χ3v) is 4.11. The van der Waals surface area contributed by atoms with E-state index in [1.165, 1.54) is 0 Å². The van der Waals surface area contributed by atoms with Crippen molar-refractivity contribution in [3.8, 4) is 0 Å². The number of carboxylic acid groups (broad SMARTS) is 1. The molecule has 1 unspecified atom stereocenters. The first-order valence-electron chi connectivity index (χ1n) is 7.24. The molecule has 3 heterocycles. The van der Waals surface area contributed by atoms with Crippen LogP contribution in [0.1, 0.15) is 33.9 Å². The summed E-state index contributed by atoms with van der Waals surface area (Å²) in [5.74, 6) is -1.52. The molecule has 2 aromatic heterocycles. The van der Waals surface area contributed by atoms with Gasteiger partial charge in [-0.25, -0.2) is 9.50 Å².